The fraction of sp³-hybridized carbons (Fsp3) is 0.171. The summed E-state index contributed by atoms with van der Waals surface area (Å²) >= 11 is 7.54. The Kier molecular flexibility index (Phi) is 12.1. The topological polar surface area (TPSA) is 124 Å². The molecule has 1 unspecified atom stereocenters. The number of anilines is 2. The summed E-state index contributed by atoms with van der Waals surface area (Å²) < 4.78 is 21.4. The first kappa shape index (κ1) is 34.7. The Hall–Kier alpha value is -5.13. The van der Waals surface area contributed by atoms with Crippen molar-refractivity contribution in [2.45, 2.75) is 17.1 Å². The molecule has 0 fully saturated rings. The molecule has 244 valence electrons. The summed E-state index contributed by atoms with van der Waals surface area (Å²) in [5, 5.41) is 8.21. The minimum Gasteiger partial charge on any atom is -0.497 e. The van der Waals surface area contributed by atoms with E-state index in [0.717, 1.165) is 4.90 Å². The second-order valence-corrected chi connectivity index (χ2v) is 11.7. The highest BCUT2D eigenvalue weighted by Gasteiger charge is 2.20. The maximum Gasteiger partial charge on any atom is 0.272 e. The van der Waals surface area contributed by atoms with E-state index in [4.69, 9.17) is 30.5 Å². The van der Waals surface area contributed by atoms with E-state index in [1.807, 2.05) is 6.07 Å². The molecule has 3 amide bonds. The highest BCUT2D eigenvalue weighted by molar-refractivity contribution is 8.00. The number of methoxy groups -OCH3 is 4. The molecule has 0 aliphatic heterocycles. The van der Waals surface area contributed by atoms with Crippen LogP contribution in [0.5, 0.6) is 23.0 Å². The van der Waals surface area contributed by atoms with Crippen molar-refractivity contribution in [1.29, 1.82) is 0 Å². The molecule has 4 aromatic rings. The summed E-state index contributed by atoms with van der Waals surface area (Å²) in [4.78, 5) is 40.6. The Balaban J connectivity index is 1.53. The normalized spacial score (nSPS) is 11.6. The summed E-state index contributed by atoms with van der Waals surface area (Å²) in [6.45, 7) is 1.75. The first-order valence-corrected chi connectivity index (χ1v) is 15.5. The molecule has 1 atom stereocenters. The standard InChI is InChI=1S/C35H34ClN3O7S/c1-21(33(40)38-28-19-27(36)31(45-4)20-32(28)46-5)47-26-13-9-12-24(18-26)37-35(42)29(39-34(41)22-10-7-6-8-11-22)17-23-16-25(43-2)14-15-30(23)44-3/h6-21H,1-5H3,(H,37,42)(H,38,40)(H,39,41)/b29-17+. The van der Waals surface area contributed by atoms with Crippen LogP contribution in [-0.2, 0) is 9.59 Å². The molecule has 0 saturated carbocycles. The number of carbonyl (C=O) groups excluding carboxylic acids is 3. The van der Waals surface area contributed by atoms with E-state index >= 15 is 0 Å². The van der Waals surface area contributed by atoms with Crippen molar-refractivity contribution in [3.8, 4) is 23.0 Å². The van der Waals surface area contributed by atoms with Crippen LogP contribution in [0.3, 0.4) is 0 Å². The predicted molar refractivity (Wildman–Crippen MR) is 185 cm³/mol. The zero-order valence-electron chi connectivity index (χ0n) is 26.4. The minimum absolute atomic E-state index is 0.0247. The maximum absolute atomic E-state index is 13.6. The SMILES string of the molecule is COc1ccc(OC)c(/C=C(/NC(=O)c2ccccc2)C(=O)Nc2cccc(SC(C)C(=O)Nc3cc(Cl)c(OC)cc3OC)c2)c1. The molecule has 0 aromatic heterocycles. The van der Waals surface area contributed by atoms with Gasteiger partial charge in [0.15, 0.2) is 0 Å². The number of amides is 3. The van der Waals surface area contributed by atoms with Crippen molar-refractivity contribution in [2.75, 3.05) is 39.1 Å². The number of nitrogens with one attached hydrogen (secondary N) is 3. The molecule has 4 aromatic carbocycles. The van der Waals surface area contributed by atoms with Crippen LogP contribution in [0.1, 0.15) is 22.8 Å². The van der Waals surface area contributed by atoms with Crippen LogP contribution < -0.4 is 34.9 Å². The Morgan fingerprint density at radius 1 is 0.766 bits per heavy atom. The molecule has 0 saturated heterocycles. The lowest BCUT2D eigenvalue weighted by atomic mass is 10.1. The van der Waals surface area contributed by atoms with Gasteiger partial charge in [-0.2, -0.15) is 0 Å². The van der Waals surface area contributed by atoms with Crippen molar-refractivity contribution < 1.29 is 33.3 Å². The average Bonchev–Trinajstić information content (AvgIpc) is 3.08. The fourth-order valence-corrected chi connectivity index (χ4v) is 5.51. The van der Waals surface area contributed by atoms with E-state index in [2.05, 4.69) is 16.0 Å². The molecule has 3 N–H and O–H groups in total. The Labute approximate surface area is 282 Å². The number of hydrogen-bond donors (Lipinski definition) is 3. The number of thioether (sulfide) groups is 1. The van der Waals surface area contributed by atoms with Gasteiger partial charge < -0.3 is 34.9 Å². The molecule has 0 heterocycles. The number of hydrogen-bond acceptors (Lipinski definition) is 8. The van der Waals surface area contributed by atoms with Crippen LogP contribution in [-0.4, -0.2) is 51.4 Å². The van der Waals surface area contributed by atoms with Gasteiger partial charge in [-0.25, -0.2) is 0 Å². The smallest absolute Gasteiger partial charge is 0.272 e. The highest BCUT2D eigenvalue weighted by atomic mass is 35.5. The van der Waals surface area contributed by atoms with Crippen molar-refractivity contribution >= 4 is 58.5 Å². The van der Waals surface area contributed by atoms with E-state index in [1.54, 1.807) is 85.8 Å². The predicted octanol–water partition coefficient (Wildman–Crippen LogP) is 6.90. The maximum atomic E-state index is 13.6. The molecule has 0 spiro atoms. The fourth-order valence-electron chi connectivity index (χ4n) is 4.35. The number of ether oxygens (including phenoxy) is 4. The van der Waals surface area contributed by atoms with E-state index in [-0.39, 0.29) is 11.6 Å². The zero-order chi connectivity index (χ0) is 33.9. The molecule has 0 aliphatic carbocycles. The van der Waals surface area contributed by atoms with Crippen LogP contribution in [0, 0.1) is 0 Å². The zero-order valence-corrected chi connectivity index (χ0v) is 28.0. The molecular weight excluding hydrogens is 642 g/mol. The quantitative estimate of drug-likeness (QED) is 0.103. The van der Waals surface area contributed by atoms with Crippen molar-refractivity contribution in [3.05, 3.63) is 107 Å². The van der Waals surface area contributed by atoms with Crippen molar-refractivity contribution in [3.63, 3.8) is 0 Å². The second-order valence-electron chi connectivity index (χ2n) is 9.90. The molecule has 0 bridgehead atoms. The Bertz CT molecular complexity index is 1780. The van der Waals surface area contributed by atoms with Gasteiger partial charge in [0.25, 0.3) is 11.8 Å². The first-order valence-electron chi connectivity index (χ1n) is 14.3. The van der Waals surface area contributed by atoms with E-state index in [0.29, 0.717) is 50.5 Å². The lowest BCUT2D eigenvalue weighted by Crippen LogP contribution is -2.30. The molecule has 0 aliphatic rings. The Morgan fingerprint density at radius 3 is 2.17 bits per heavy atom. The van der Waals surface area contributed by atoms with Gasteiger partial charge in [0.2, 0.25) is 5.91 Å². The van der Waals surface area contributed by atoms with Crippen molar-refractivity contribution in [1.82, 2.24) is 5.32 Å². The van der Waals surface area contributed by atoms with Crippen LogP contribution in [0.4, 0.5) is 11.4 Å². The van der Waals surface area contributed by atoms with E-state index in [9.17, 15) is 14.4 Å². The van der Waals surface area contributed by atoms with E-state index in [1.165, 1.54) is 46.3 Å². The van der Waals surface area contributed by atoms with Gasteiger partial charge in [0, 0.05) is 27.8 Å². The summed E-state index contributed by atoms with van der Waals surface area (Å²) in [6.07, 6.45) is 1.52. The largest absolute Gasteiger partial charge is 0.497 e. The first-order chi connectivity index (χ1) is 22.6. The average molecular weight is 676 g/mol. The number of benzene rings is 4. The van der Waals surface area contributed by atoms with Gasteiger partial charge in [-0.05, 0) is 67.6 Å². The third-order valence-electron chi connectivity index (χ3n) is 6.77. The third kappa shape index (κ3) is 9.21. The summed E-state index contributed by atoms with van der Waals surface area (Å²) in [6, 6.07) is 23.9. The van der Waals surface area contributed by atoms with Crippen LogP contribution >= 0.6 is 23.4 Å². The van der Waals surface area contributed by atoms with Crippen LogP contribution in [0.2, 0.25) is 5.02 Å². The lowest BCUT2D eigenvalue weighted by Gasteiger charge is -2.16. The van der Waals surface area contributed by atoms with Crippen LogP contribution in [0.25, 0.3) is 6.08 Å². The van der Waals surface area contributed by atoms with Gasteiger partial charge in [0.05, 0.1) is 44.4 Å². The summed E-state index contributed by atoms with van der Waals surface area (Å²) in [5.74, 6) is 0.514. The molecule has 47 heavy (non-hydrogen) atoms. The summed E-state index contributed by atoms with van der Waals surface area (Å²) in [7, 11) is 6.01. The number of carbonyl (C=O) groups is 3. The number of halogens is 1. The summed E-state index contributed by atoms with van der Waals surface area (Å²) in [5.41, 5.74) is 1.73. The Morgan fingerprint density at radius 2 is 1.49 bits per heavy atom. The van der Waals surface area contributed by atoms with Gasteiger partial charge in [-0.3, -0.25) is 14.4 Å². The molecule has 4 rings (SSSR count). The minimum atomic E-state index is -0.574. The highest BCUT2D eigenvalue weighted by Crippen LogP contribution is 2.36. The molecule has 10 nitrogen and oxygen atoms in total. The van der Waals surface area contributed by atoms with Crippen molar-refractivity contribution in [2.24, 2.45) is 0 Å². The number of rotatable bonds is 13. The van der Waals surface area contributed by atoms with Gasteiger partial charge >= 0.3 is 0 Å². The van der Waals surface area contributed by atoms with Gasteiger partial charge in [-0.1, -0.05) is 35.9 Å². The van der Waals surface area contributed by atoms with Crippen LogP contribution in [0.15, 0.2) is 95.5 Å². The van der Waals surface area contributed by atoms with Gasteiger partial charge in [-0.15, -0.1) is 11.8 Å². The molecular formula is C35H34ClN3O7S. The molecule has 12 heteroatoms. The third-order valence-corrected chi connectivity index (χ3v) is 8.16. The monoisotopic (exact) mass is 675 g/mol. The van der Waals surface area contributed by atoms with E-state index < -0.39 is 17.1 Å². The molecule has 0 radical (unpaired) electrons. The lowest BCUT2D eigenvalue weighted by molar-refractivity contribution is -0.115. The van der Waals surface area contributed by atoms with Gasteiger partial charge in [0.1, 0.15) is 28.7 Å². The second kappa shape index (κ2) is 16.4.